The quantitative estimate of drug-likeness (QED) is 0.873. The first-order chi connectivity index (χ1) is 10.9. The molecule has 1 spiro atoms. The van der Waals surface area contributed by atoms with Crippen molar-refractivity contribution in [2.75, 3.05) is 32.8 Å². The minimum absolute atomic E-state index is 0.620. The fourth-order valence-electron chi connectivity index (χ4n) is 4.31. The van der Waals surface area contributed by atoms with E-state index in [0.29, 0.717) is 5.41 Å². The van der Waals surface area contributed by atoms with Gasteiger partial charge in [0.2, 0.25) is 0 Å². The van der Waals surface area contributed by atoms with Crippen LogP contribution < -0.4 is 5.32 Å². The van der Waals surface area contributed by atoms with Crippen LogP contribution in [0.5, 0.6) is 0 Å². The van der Waals surface area contributed by atoms with E-state index in [9.17, 15) is 0 Å². The second-order valence-corrected chi connectivity index (χ2v) is 8.23. The largest absolute Gasteiger partial charge is 0.381 e. The lowest BCUT2D eigenvalue weighted by Crippen LogP contribution is -2.36. The van der Waals surface area contributed by atoms with Crippen molar-refractivity contribution in [3.63, 3.8) is 0 Å². The first-order valence-corrected chi connectivity index (χ1v) is 9.65. The van der Waals surface area contributed by atoms with Crippen LogP contribution in [0.2, 0.25) is 0 Å². The number of ether oxygens (including phenoxy) is 1. The SMILES string of the molecule is c1csc(CN(CCC2CCOC2)C2CC23CCNCC3)n1. The molecule has 3 heterocycles. The Morgan fingerprint density at radius 1 is 1.41 bits per heavy atom. The van der Waals surface area contributed by atoms with Crippen molar-refractivity contribution in [3.8, 4) is 0 Å². The highest BCUT2D eigenvalue weighted by atomic mass is 32.1. The number of nitrogens with zero attached hydrogens (tertiary/aromatic N) is 2. The molecule has 4 nitrogen and oxygen atoms in total. The summed E-state index contributed by atoms with van der Waals surface area (Å²) < 4.78 is 5.54. The van der Waals surface area contributed by atoms with Gasteiger partial charge in [-0.1, -0.05) is 0 Å². The molecular formula is C17H27N3OS. The Kier molecular flexibility index (Phi) is 4.49. The first-order valence-electron chi connectivity index (χ1n) is 8.77. The van der Waals surface area contributed by atoms with Crippen LogP contribution >= 0.6 is 11.3 Å². The molecule has 2 aliphatic heterocycles. The van der Waals surface area contributed by atoms with Crippen molar-refractivity contribution in [2.45, 2.75) is 44.7 Å². The van der Waals surface area contributed by atoms with E-state index in [0.717, 1.165) is 31.7 Å². The number of rotatable bonds is 6. The average molecular weight is 321 g/mol. The van der Waals surface area contributed by atoms with Gasteiger partial charge >= 0.3 is 0 Å². The van der Waals surface area contributed by atoms with Crippen molar-refractivity contribution in [1.29, 1.82) is 0 Å². The average Bonchev–Trinajstić information content (AvgIpc) is 2.98. The third-order valence-corrected chi connectivity index (χ3v) is 6.62. The van der Waals surface area contributed by atoms with Crippen LogP contribution in [0.1, 0.15) is 37.1 Å². The van der Waals surface area contributed by atoms with Crippen LogP contribution in [0.25, 0.3) is 0 Å². The lowest BCUT2D eigenvalue weighted by molar-refractivity contribution is 0.164. The van der Waals surface area contributed by atoms with Crippen LogP contribution in [-0.2, 0) is 11.3 Å². The molecule has 0 radical (unpaired) electrons. The predicted octanol–water partition coefficient (Wildman–Crippen LogP) is 2.51. The van der Waals surface area contributed by atoms with Gasteiger partial charge in [0.1, 0.15) is 5.01 Å². The minimum atomic E-state index is 0.620. The zero-order valence-electron chi connectivity index (χ0n) is 13.3. The summed E-state index contributed by atoms with van der Waals surface area (Å²) in [6, 6.07) is 0.792. The summed E-state index contributed by atoms with van der Waals surface area (Å²) in [6.07, 6.45) is 8.61. The third-order valence-electron chi connectivity index (χ3n) is 5.86. The van der Waals surface area contributed by atoms with Crippen LogP contribution in [0.15, 0.2) is 11.6 Å². The molecule has 1 aliphatic carbocycles. The van der Waals surface area contributed by atoms with E-state index in [4.69, 9.17) is 4.74 Å². The van der Waals surface area contributed by atoms with E-state index in [1.54, 1.807) is 11.3 Å². The van der Waals surface area contributed by atoms with Crippen LogP contribution in [0.4, 0.5) is 0 Å². The molecule has 122 valence electrons. The molecule has 1 saturated carbocycles. The minimum Gasteiger partial charge on any atom is -0.381 e. The molecule has 4 rings (SSSR count). The molecule has 22 heavy (non-hydrogen) atoms. The maximum atomic E-state index is 5.54. The van der Waals surface area contributed by atoms with Crippen LogP contribution in [-0.4, -0.2) is 48.8 Å². The van der Waals surface area contributed by atoms with Crippen molar-refractivity contribution in [1.82, 2.24) is 15.2 Å². The topological polar surface area (TPSA) is 37.4 Å². The number of hydrogen-bond acceptors (Lipinski definition) is 5. The maximum Gasteiger partial charge on any atom is 0.107 e. The highest BCUT2D eigenvalue weighted by Crippen LogP contribution is 2.56. The van der Waals surface area contributed by atoms with E-state index >= 15 is 0 Å². The molecule has 1 aromatic heterocycles. The number of aromatic nitrogens is 1. The third kappa shape index (κ3) is 3.23. The Morgan fingerprint density at radius 2 is 2.32 bits per heavy atom. The van der Waals surface area contributed by atoms with Gasteiger partial charge in [-0.15, -0.1) is 11.3 Å². The van der Waals surface area contributed by atoms with Crippen molar-refractivity contribution in [2.24, 2.45) is 11.3 Å². The van der Waals surface area contributed by atoms with Gasteiger partial charge < -0.3 is 10.1 Å². The van der Waals surface area contributed by atoms with Crippen molar-refractivity contribution in [3.05, 3.63) is 16.6 Å². The Morgan fingerprint density at radius 3 is 3.05 bits per heavy atom. The molecule has 3 aliphatic rings. The van der Waals surface area contributed by atoms with E-state index in [-0.39, 0.29) is 0 Å². The smallest absolute Gasteiger partial charge is 0.107 e. The standard InChI is InChI=1S/C17H27N3OS/c1(14-2-9-21-13-14)8-20(12-16-19-7-10-22-16)15-11-17(15)3-5-18-6-4-17/h7,10,14-15,18H,1-6,8-9,11-13H2. The van der Waals surface area contributed by atoms with Crippen molar-refractivity contribution < 1.29 is 4.74 Å². The molecule has 5 heteroatoms. The van der Waals surface area contributed by atoms with Gasteiger partial charge in [0.25, 0.3) is 0 Å². The maximum absolute atomic E-state index is 5.54. The molecule has 2 atom stereocenters. The summed E-state index contributed by atoms with van der Waals surface area (Å²) in [6.45, 7) is 6.62. The molecule has 0 amide bonds. The van der Waals surface area contributed by atoms with Gasteiger partial charge in [0.05, 0.1) is 6.54 Å². The number of thiazole rings is 1. The second-order valence-electron chi connectivity index (χ2n) is 7.25. The fourth-order valence-corrected chi connectivity index (χ4v) is 4.95. The highest BCUT2D eigenvalue weighted by Gasteiger charge is 2.56. The van der Waals surface area contributed by atoms with Gasteiger partial charge in [-0.3, -0.25) is 4.90 Å². The van der Waals surface area contributed by atoms with Gasteiger partial charge in [0.15, 0.2) is 0 Å². The predicted molar refractivity (Wildman–Crippen MR) is 89.0 cm³/mol. The summed E-state index contributed by atoms with van der Waals surface area (Å²) >= 11 is 1.80. The van der Waals surface area contributed by atoms with E-state index in [2.05, 4.69) is 20.6 Å². The van der Waals surface area contributed by atoms with Gasteiger partial charge in [0, 0.05) is 30.8 Å². The number of hydrogen-bond donors (Lipinski definition) is 1. The molecule has 3 fully saturated rings. The fraction of sp³-hybridized carbons (Fsp3) is 0.824. The van der Waals surface area contributed by atoms with Gasteiger partial charge in [-0.2, -0.15) is 0 Å². The Labute approximate surface area is 137 Å². The summed E-state index contributed by atoms with van der Waals surface area (Å²) in [7, 11) is 0. The Hall–Kier alpha value is -0.490. The summed E-state index contributed by atoms with van der Waals surface area (Å²) in [5.41, 5.74) is 0.620. The molecule has 2 unspecified atom stereocenters. The van der Waals surface area contributed by atoms with E-state index in [1.165, 1.54) is 56.7 Å². The van der Waals surface area contributed by atoms with Gasteiger partial charge in [-0.25, -0.2) is 4.98 Å². The Balaban J connectivity index is 1.39. The second kappa shape index (κ2) is 6.56. The molecule has 2 saturated heterocycles. The molecule has 1 N–H and O–H groups in total. The molecule has 0 bridgehead atoms. The first kappa shape index (κ1) is 15.1. The van der Waals surface area contributed by atoms with Crippen molar-refractivity contribution >= 4 is 11.3 Å². The zero-order chi connectivity index (χ0) is 14.8. The summed E-state index contributed by atoms with van der Waals surface area (Å²) in [5, 5.41) is 6.90. The Bertz CT molecular complexity index is 466. The monoisotopic (exact) mass is 321 g/mol. The molecule has 1 aromatic rings. The lowest BCUT2D eigenvalue weighted by Gasteiger charge is -2.29. The normalized spacial score (nSPS) is 30.2. The highest BCUT2D eigenvalue weighted by molar-refractivity contribution is 7.09. The number of piperidine rings is 1. The van der Waals surface area contributed by atoms with Crippen LogP contribution in [0, 0.1) is 11.3 Å². The van der Waals surface area contributed by atoms with E-state index in [1.807, 2.05) is 6.20 Å². The number of nitrogens with one attached hydrogen (secondary N) is 1. The summed E-state index contributed by atoms with van der Waals surface area (Å²) in [4.78, 5) is 7.26. The summed E-state index contributed by atoms with van der Waals surface area (Å²) in [5.74, 6) is 0.779. The zero-order valence-corrected chi connectivity index (χ0v) is 14.1. The lowest BCUT2D eigenvalue weighted by atomic mass is 9.93. The van der Waals surface area contributed by atoms with Gasteiger partial charge in [-0.05, 0) is 63.1 Å². The van der Waals surface area contributed by atoms with E-state index < -0.39 is 0 Å². The molecular weight excluding hydrogens is 294 g/mol. The van der Waals surface area contributed by atoms with Crippen LogP contribution in [0.3, 0.4) is 0 Å². The molecule has 0 aromatic carbocycles.